The monoisotopic (exact) mass is 529 g/mol. The van der Waals surface area contributed by atoms with E-state index in [1.54, 1.807) is 60.5 Å². The smallest absolute Gasteiger partial charge is 0.267 e. The molecule has 40 heavy (non-hydrogen) atoms. The van der Waals surface area contributed by atoms with Gasteiger partial charge in [-0.15, -0.1) is 5.10 Å². The number of rotatable bonds is 4. The molecule has 11 nitrogen and oxygen atoms in total. The highest BCUT2D eigenvalue weighted by atomic mass is 16.2. The Hall–Kier alpha value is -5.76. The van der Waals surface area contributed by atoms with E-state index < -0.39 is 11.9 Å². The maximum Gasteiger partial charge on any atom is 0.267 e. The number of fused-ring (bicyclic) bond motifs is 2. The number of nitrogens with two attached hydrogens (primary N) is 1. The van der Waals surface area contributed by atoms with Crippen molar-refractivity contribution in [3.8, 4) is 17.5 Å². The second kappa shape index (κ2) is 9.85. The van der Waals surface area contributed by atoms with Crippen LogP contribution in [-0.4, -0.2) is 39.8 Å². The van der Waals surface area contributed by atoms with E-state index in [9.17, 15) is 9.59 Å². The summed E-state index contributed by atoms with van der Waals surface area (Å²) >= 11 is 0. The minimum Gasteiger partial charge on any atom is -0.381 e. The molecule has 4 aromatic heterocycles. The van der Waals surface area contributed by atoms with E-state index in [2.05, 4.69) is 32.3 Å². The third-order valence-electron chi connectivity index (χ3n) is 6.36. The molecule has 3 N–H and O–H groups in total. The summed E-state index contributed by atoms with van der Waals surface area (Å²) in [6.07, 6.45) is 5.02. The van der Waals surface area contributed by atoms with Crippen LogP contribution < -0.4 is 16.6 Å². The molecule has 4 heterocycles. The van der Waals surface area contributed by atoms with E-state index in [0.717, 1.165) is 0 Å². The SMILES string of the molecule is CC(NC(=O)c1c(N)nn2cccnc12)c1nc2cccc(C#Cc3ccn(C)n3)c2c(=O)n1-c1ccccc1. The molecule has 0 fully saturated rings. The van der Waals surface area contributed by atoms with Crippen LogP contribution in [-0.2, 0) is 7.05 Å². The summed E-state index contributed by atoms with van der Waals surface area (Å²) in [7, 11) is 1.81. The quantitative estimate of drug-likeness (QED) is 0.335. The second-order valence-electron chi connectivity index (χ2n) is 9.11. The van der Waals surface area contributed by atoms with Crippen LogP contribution in [0.4, 0.5) is 5.82 Å². The Labute approximate surface area is 227 Å². The summed E-state index contributed by atoms with van der Waals surface area (Å²) in [5.41, 5.74) is 8.39. The average molecular weight is 530 g/mol. The first-order chi connectivity index (χ1) is 19.4. The molecule has 0 radical (unpaired) electrons. The Morgan fingerprint density at radius 3 is 2.60 bits per heavy atom. The van der Waals surface area contributed by atoms with Gasteiger partial charge in [-0.2, -0.15) is 5.10 Å². The summed E-state index contributed by atoms with van der Waals surface area (Å²) in [6.45, 7) is 1.75. The number of carbonyl (C=O) groups excluding carboxylic acids is 1. The number of hydrogen-bond acceptors (Lipinski definition) is 7. The van der Waals surface area contributed by atoms with Gasteiger partial charge in [-0.05, 0) is 49.2 Å². The van der Waals surface area contributed by atoms with Crippen LogP contribution in [0.25, 0.3) is 22.2 Å². The predicted molar refractivity (Wildman–Crippen MR) is 150 cm³/mol. The molecule has 0 aliphatic heterocycles. The zero-order valence-corrected chi connectivity index (χ0v) is 21.6. The van der Waals surface area contributed by atoms with Gasteiger partial charge in [0.1, 0.15) is 17.1 Å². The number of hydrogen-bond donors (Lipinski definition) is 2. The highest BCUT2D eigenvalue weighted by molar-refractivity contribution is 6.04. The zero-order chi connectivity index (χ0) is 27.8. The normalized spacial score (nSPS) is 11.8. The van der Waals surface area contributed by atoms with Crippen LogP contribution in [0, 0.1) is 11.8 Å². The molecular weight excluding hydrogens is 506 g/mol. The molecule has 0 saturated heterocycles. The molecule has 6 aromatic rings. The predicted octanol–water partition coefficient (Wildman–Crippen LogP) is 2.63. The molecule has 0 aliphatic rings. The lowest BCUT2D eigenvalue weighted by molar-refractivity contribution is 0.0940. The highest BCUT2D eigenvalue weighted by Gasteiger charge is 2.24. The molecule has 6 rings (SSSR count). The number of carbonyl (C=O) groups is 1. The molecular formula is C29H23N9O2. The third kappa shape index (κ3) is 4.33. The van der Waals surface area contributed by atoms with Gasteiger partial charge in [0.15, 0.2) is 11.5 Å². The van der Waals surface area contributed by atoms with E-state index in [0.29, 0.717) is 39.3 Å². The Morgan fingerprint density at radius 1 is 1.00 bits per heavy atom. The van der Waals surface area contributed by atoms with Crippen molar-refractivity contribution in [1.82, 2.24) is 39.2 Å². The van der Waals surface area contributed by atoms with Crippen molar-refractivity contribution in [1.29, 1.82) is 0 Å². The largest absolute Gasteiger partial charge is 0.381 e. The summed E-state index contributed by atoms with van der Waals surface area (Å²) in [5, 5.41) is 11.7. The van der Waals surface area contributed by atoms with Gasteiger partial charge in [0.25, 0.3) is 11.5 Å². The van der Waals surface area contributed by atoms with E-state index in [-0.39, 0.29) is 16.9 Å². The van der Waals surface area contributed by atoms with Gasteiger partial charge in [0.05, 0.1) is 22.6 Å². The van der Waals surface area contributed by atoms with Crippen LogP contribution in [0.2, 0.25) is 0 Å². The first-order valence-electron chi connectivity index (χ1n) is 12.4. The molecule has 2 aromatic carbocycles. The molecule has 0 aliphatic carbocycles. The minimum atomic E-state index is -0.689. The van der Waals surface area contributed by atoms with Crippen molar-refractivity contribution in [3.05, 3.63) is 112 Å². The average Bonchev–Trinajstić information content (AvgIpc) is 3.53. The van der Waals surface area contributed by atoms with Crippen LogP contribution in [0.15, 0.2) is 84.0 Å². The zero-order valence-electron chi connectivity index (χ0n) is 21.6. The molecule has 1 unspecified atom stereocenters. The van der Waals surface area contributed by atoms with E-state index in [1.165, 1.54) is 9.08 Å². The van der Waals surface area contributed by atoms with Crippen LogP contribution in [0.5, 0.6) is 0 Å². The van der Waals surface area contributed by atoms with Crippen LogP contribution >= 0.6 is 0 Å². The molecule has 0 spiro atoms. The summed E-state index contributed by atoms with van der Waals surface area (Å²) in [4.78, 5) is 36.6. The Kier molecular flexibility index (Phi) is 6.05. The van der Waals surface area contributed by atoms with Gasteiger partial charge < -0.3 is 11.1 Å². The maximum atomic E-state index is 14.1. The molecule has 11 heteroatoms. The van der Waals surface area contributed by atoms with E-state index in [4.69, 9.17) is 10.7 Å². The number of anilines is 1. The number of nitrogens with one attached hydrogen (secondary N) is 1. The second-order valence-corrected chi connectivity index (χ2v) is 9.11. The van der Waals surface area contributed by atoms with E-state index >= 15 is 0 Å². The van der Waals surface area contributed by atoms with Gasteiger partial charge in [0, 0.05) is 31.2 Å². The molecule has 0 saturated carbocycles. The first kappa shape index (κ1) is 24.6. The fraction of sp³-hybridized carbons (Fsp3) is 0.103. The fourth-order valence-electron chi connectivity index (χ4n) is 4.54. The number of para-hydroxylation sites is 1. The minimum absolute atomic E-state index is 0.0476. The highest BCUT2D eigenvalue weighted by Crippen LogP contribution is 2.22. The number of benzene rings is 2. The van der Waals surface area contributed by atoms with Crippen molar-refractivity contribution in [2.45, 2.75) is 13.0 Å². The summed E-state index contributed by atoms with van der Waals surface area (Å²) in [5.74, 6) is 6.01. The molecule has 196 valence electrons. The summed E-state index contributed by atoms with van der Waals surface area (Å²) in [6, 6.07) is 17.3. The van der Waals surface area contributed by atoms with Gasteiger partial charge >= 0.3 is 0 Å². The standard InChI is InChI=1S/C29H23N9O2/c1-18(32-28(39)24-25(30)35-37-16-7-15-31-27(24)37)26-33-22-11-6-8-19(12-13-20-14-17-36(2)34-20)23(22)29(40)38(26)21-9-4-3-5-10-21/h3-11,14-18H,1-2H3,(H2,30,35)(H,32,39). The number of nitrogen functional groups attached to an aromatic ring is 1. The Morgan fingerprint density at radius 2 is 1.82 bits per heavy atom. The number of aromatic nitrogens is 7. The molecule has 1 amide bonds. The Bertz CT molecular complexity index is 2030. The van der Waals surface area contributed by atoms with Gasteiger partial charge in [-0.1, -0.05) is 30.2 Å². The lowest BCUT2D eigenvalue weighted by Crippen LogP contribution is -2.33. The summed E-state index contributed by atoms with van der Waals surface area (Å²) < 4.78 is 4.60. The number of amides is 1. The third-order valence-corrected chi connectivity index (χ3v) is 6.36. The lowest BCUT2D eigenvalue weighted by Gasteiger charge is -2.20. The van der Waals surface area contributed by atoms with Gasteiger partial charge in [-0.3, -0.25) is 18.8 Å². The Balaban J connectivity index is 1.48. The van der Waals surface area contributed by atoms with E-state index in [1.807, 2.05) is 37.4 Å². The molecule has 0 bridgehead atoms. The van der Waals surface area contributed by atoms with Crippen molar-refractivity contribution < 1.29 is 4.79 Å². The van der Waals surface area contributed by atoms with Gasteiger partial charge in [-0.25, -0.2) is 14.5 Å². The lowest BCUT2D eigenvalue weighted by atomic mass is 10.1. The van der Waals surface area contributed by atoms with Crippen molar-refractivity contribution >= 4 is 28.3 Å². The van der Waals surface area contributed by atoms with Crippen molar-refractivity contribution in [2.75, 3.05) is 5.73 Å². The molecule has 1 atom stereocenters. The first-order valence-corrected chi connectivity index (χ1v) is 12.4. The number of aryl methyl sites for hydroxylation is 1. The van der Waals surface area contributed by atoms with Crippen LogP contribution in [0.3, 0.4) is 0 Å². The maximum absolute atomic E-state index is 14.1. The topological polar surface area (TPSA) is 138 Å². The van der Waals surface area contributed by atoms with Crippen LogP contribution in [0.1, 0.15) is 40.4 Å². The van der Waals surface area contributed by atoms with Gasteiger partial charge in [0.2, 0.25) is 0 Å². The number of nitrogens with zero attached hydrogens (tertiary/aromatic N) is 7. The van der Waals surface area contributed by atoms with Crippen molar-refractivity contribution in [3.63, 3.8) is 0 Å². The van der Waals surface area contributed by atoms with Crippen molar-refractivity contribution in [2.24, 2.45) is 7.05 Å². The fourth-order valence-corrected chi connectivity index (χ4v) is 4.54.